The molecule has 0 bridgehead atoms. The zero-order chi connectivity index (χ0) is 18.4. The number of piperidine rings is 2. The van der Waals surface area contributed by atoms with Crippen LogP contribution in [0.3, 0.4) is 0 Å². The van der Waals surface area contributed by atoms with Gasteiger partial charge in [-0.1, -0.05) is 19.8 Å². The second kappa shape index (κ2) is 9.35. The first-order chi connectivity index (χ1) is 12.7. The number of likely N-dealkylation sites (tertiary alicyclic amines) is 2. The van der Waals surface area contributed by atoms with Crippen LogP contribution >= 0.6 is 0 Å². The zero-order valence-electron chi connectivity index (χ0n) is 16.3. The van der Waals surface area contributed by atoms with Crippen molar-refractivity contribution in [1.29, 1.82) is 0 Å². The SMILES string of the molecule is CCCCOC(=O)N1CCC(c2nnc(CN3CCCCC3)n2C)CC1. The van der Waals surface area contributed by atoms with E-state index in [0.29, 0.717) is 12.5 Å². The van der Waals surface area contributed by atoms with Crippen LogP contribution in [0.2, 0.25) is 0 Å². The normalized spacial score (nSPS) is 19.7. The minimum Gasteiger partial charge on any atom is -0.449 e. The van der Waals surface area contributed by atoms with Gasteiger partial charge in [-0.3, -0.25) is 4.90 Å². The fourth-order valence-electron chi connectivity index (χ4n) is 3.90. The maximum atomic E-state index is 12.1. The molecule has 0 saturated carbocycles. The standard InChI is InChI=1S/C19H33N5O2/c1-3-4-14-26-19(25)24-12-8-16(9-13-24)18-21-20-17(22(18)2)15-23-10-6-5-7-11-23/h16H,3-15H2,1-2H3. The van der Waals surface area contributed by atoms with E-state index in [9.17, 15) is 4.79 Å². The minimum atomic E-state index is -0.166. The lowest BCUT2D eigenvalue weighted by atomic mass is 9.96. The van der Waals surface area contributed by atoms with Gasteiger partial charge >= 0.3 is 6.09 Å². The highest BCUT2D eigenvalue weighted by Gasteiger charge is 2.28. The number of carbonyl (C=O) groups excluding carboxylic acids is 1. The summed E-state index contributed by atoms with van der Waals surface area (Å²) in [6.45, 7) is 7.33. The van der Waals surface area contributed by atoms with Crippen LogP contribution in [0.5, 0.6) is 0 Å². The lowest BCUT2D eigenvalue weighted by Gasteiger charge is -2.31. The molecule has 0 aromatic carbocycles. The summed E-state index contributed by atoms with van der Waals surface area (Å²) in [5, 5.41) is 8.94. The molecule has 0 aliphatic carbocycles. The zero-order valence-corrected chi connectivity index (χ0v) is 16.3. The number of nitrogens with zero attached hydrogens (tertiary/aromatic N) is 5. The molecular formula is C19H33N5O2. The summed E-state index contributed by atoms with van der Waals surface area (Å²) in [5.41, 5.74) is 0. The first-order valence-electron chi connectivity index (χ1n) is 10.2. The van der Waals surface area contributed by atoms with Crippen LogP contribution in [0, 0.1) is 0 Å². The Labute approximate surface area is 156 Å². The van der Waals surface area contributed by atoms with Gasteiger partial charge in [-0.2, -0.15) is 0 Å². The summed E-state index contributed by atoms with van der Waals surface area (Å²) in [6, 6.07) is 0. The van der Waals surface area contributed by atoms with E-state index in [1.165, 1.54) is 32.4 Å². The molecule has 7 heteroatoms. The number of aromatic nitrogens is 3. The van der Waals surface area contributed by atoms with E-state index < -0.39 is 0 Å². The largest absolute Gasteiger partial charge is 0.449 e. The number of hydrogen-bond donors (Lipinski definition) is 0. The number of amides is 1. The predicted octanol–water partition coefficient (Wildman–Crippen LogP) is 2.92. The highest BCUT2D eigenvalue weighted by Crippen LogP contribution is 2.27. The minimum absolute atomic E-state index is 0.166. The average molecular weight is 364 g/mol. The van der Waals surface area contributed by atoms with Crippen molar-refractivity contribution in [3.05, 3.63) is 11.6 Å². The van der Waals surface area contributed by atoms with E-state index in [4.69, 9.17) is 4.74 Å². The van der Waals surface area contributed by atoms with E-state index in [-0.39, 0.29) is 6.09 Å². The summed E-state index contributed by atoms with van der Waals surface area (Å²) in [6.07, 6.45) is 7.59. The quantitative estimate of drug-likeness (QED) is 0.727. The second-order valence-electron chi connectivity index (χ2n) is 7.60. The van der Waals surface area contributed by atoms with E-state index in [1.807, 2.05) is 4.90 Å². The molecule has 0 atom stereocenters. The molecule has 0 unspecified atom stereocenters. The molecule has 3 heterocycles. The van der Waals surface area contributed by atoms with Gasteiger partial charge in [0.1, 0.15) is 11.6 Å². The molecule has 2 saturated heterocycles. The Hall–Kier alpha value is -1.63. The number of ether oxygens (including phenoxy) is 1. The molecule has 0 radical (unpaired) electrons. The molecule has 2 fully saturated rings. The molecular weight excluding hydrogens is 330 g/mol. The Morgan fingerprint density at radius 1 is 1.12 bits per heavy atom. The fourth-order valence-corrected chi connectivity index (χ4v) is 3.90. The van der Waals surface area contributed by atoms with Gasteiger partial charge in [-0.25, -0.2) is 4.79 Å². The van der Waals surface area contributed by atoms with Crippen LogP contribution < -0.4 is 0 Å². The molecule has 0 spiro atoms. The second-order valence-corrected chi connectivity index (χ2v) is 7.60. The van der Waals surface area contributed by atoms with Crippen molar-refractivity contribution < 1.29 is 9.53 Å². The van der Waals surface area contributed by atoms with Gasteiger partial charge in [0, 0.05) is 26.1 Å². The molecule has 146 valence electrons. The Balaban J connectivity index is 1.50. The number of rotatable bonds is 6. The van der Waals surface area contributed by atoms with Gasteiger partial charge < -0.3 is 14.2 Å². The molecule has 2 aliphatic rings. The van der Waals surface area contributed by atoms with Crippen molar-refractivity contribution in [3.63, 3.8) is 0 Å². The van der Waals surface area contributed by atoms with Crippen LogP contribution in [0.4, 0.5) is 4.79 Å². The third kappa shape index (κ3) is 4.75. The highest BCUT2D eigenvalue weighted by molar-refractivity contribution is 5.67. The van der Waals surface area contributed by atoms with Gasteiger partial charge in [-0.15, -0.1) is 10.2 Å². The Morgan fingerprint density at radius 2 is 1.85 bits per heavy atom. The first kappa shape index (κ1) is 19.1. The van der Waals surface area contributed by atoms with E-state index in [2.05, 4.69) is 33.6 Å². The maximum Gasteiger partial charge on any atom is 0.409 e. The molecule has 7 nitrogen and oxygen atoms in total. The fraction of sp³-hybridized carbons (Fsp3) is 0.842. The molecule has 3 rings (SSSR count). The van der Waals surface area contributed by atoms with Crippen LogP contribution in [0.25, 0.3) is 0 Å². The van der Waals surface area contributed by atoms with Crippen molar-refractivity contribution >= 4 is 6.09 Å². The molecule has 0 N–H and O–H groups in total. The lowest BCUT2D eigenvalue weighted by molar-refractivity contribution is 0.0910. The van der Waals surface area contributed by atoms with Crippen molar-refractivity contribution in [1.82, 2.24) is 24.6 Å². The number of carbonyl (C=O) groups is 1. The molecule has 1 aromatic rings. The highest BCUT2D eigenvalue weighted by atomic mass is 16.6. The van der Waals surface area contributed by atoms with E-state index in [0.717, 1.165) is 57.0 Å². The summed E-state index contributed by atoms with van der Waals surface area (Å²) >= 11 is 0. The molecule has 1 aromatic heterocycles. The van der Waals surface area contributed by atoms with Crippen LogP contribution in [0.1, 0.15) is 69.4 Å². The molecule has 1 amide bonds. The van der Waals surface area contributed by atoms with Gasteiger partial charge in [0.15, 0.2) is 0 Å². The molecule has 26 heavy (non-hydrogen) atoms. The third-order valence-corrected chi connectivity index (χ3v) is 5.65. The summed E-state index contributed by atoms with van der Waals surface area (Å²) in [5.74, 6) is 2.50. The Morgan fingerprint density at radius 3 is 2.54 bits per heavy atom. The van der Waals surface area contributed by atoms with Crippen molar-refractivity contribution in [2.75, 3.05) is 32.8 Å². The summed E-state index contributed by atoms with van der Waals surface area (Å²) in [7, 11) is 2.08. The Kier molecular flexibility index (Phi) is 6.88. The van der Waals surface area contributed by atoms with Gasteiger partial charge in [0.2, 0.25) is 0 Å². The average Bonchev–Trinajstić information content (AvgIpc) is 3.03. The van der Waals surface area contributed by atoms with Crippen molar-refractivity contribution in [3.8, 4) is 0 Å². The van der Waals surface area contributed by atoms with E-state index in [1.54, 1.807) is 0 Å². The van der Waals surface area contributed by atoms with Gasteiger partial charge in [0.05, 0.1) is 13.2 Å². The maximum absolute atomic E-state index is 12.1. The van der Waals surface area contributed by atoms with Crippen LogP contribution in [-0.4, -0.2) is 63.4 Å². The topological polar surface area (TPSA) is 63.5 Å². The van der Waals surface area contributed by atoms with Crippen LogP contribution in [-0.2, 0) is 18.3 Å². The lowest BCUT2D eigenvalue weighted by Crippen LogP contribution is -2.38. The first-order valence-corrected chi connectivity index (χ1v) is 10.2. The Bertz CT molecular complexity index is 574. The monoisotopic (exact) mass is 363 g/mol. The van der Waals surface area contributed by atoms with Crippen molar-refractivity contribution in [2.45, 2.75) is 64.3 Å². The smallest absolute Gasteiger partial charge is 0.409 e. The van der Waals surface area contributed by atoms with Crippen molar-refractivity contribution in [2.24, 2.45) is 7.05 Å². The number of unbranched alkanes of at least 4 members (excludes halogenated alkanes) is 1. The predicted molar refractivity (Wildman–Crippen MR) is 99.9 cm³/mol. The van der Waals surface area contributed by atoms with Crippen LogP contribution in [0.15, 0.2) is 0 Å². The summed E-state index contributed by atoms with van der Waals surface area (Å²) < 4.78 is 7.50. The van der Waals surface area contributed by atoms with Gasteiger partial charge in [0.25, 0.3) is 0 Å². The van der Waals surface area contributed by atoms with Gasteiger partial charge in [-0.05, 0) is 45.2 Å². The van der Waals surface area contributed by atoms with E-state index >= 15 is 0 Å². The number of hydrogen-bond acceptors (Lipinski definition) is 5. The third-order valence-electron chi connectivity index (χ3n) is 5.65. The molecule has 2 aliphatic heterocycles. The summed E-state index contributed by atoms with van der Waals surface area (Å²) in [4.78, 5) is 16.4.